The molecule has 3 nitrogen and oxygen atoms in total. The van der Waals surface area contributed by atoms with Gasteiger partial charge in [-0.1, -0.05) is 0 Å². The molecule has 0 aliphatic rings. The van der Waals surface area contributed by atoms with Crippen molar-refractivity contribution in [2.24, 2.45) is 15.5 Å². The fourth-order valence-electron chi connectivity index (χ4n) is 0.201. The zero-order chi connectivity index (χ0) is 7.71. The molecular weight excluding hydrogens is 173 g/mol. The van der Waals surface area contributed by atoms with Gasteiger partial charge in [0.2, 0.25) is 0 Å². The highest BCUT2D eigenvalue weighted by atomic mass is 31.3. The van der Waals surface area contributed by atoms with Gasteiger partial charge in [-0.15, -0.1) is 0 Å². The van der Waals surface area contributed by atoms with Gasteiger partial charge in [0.1, 0.15) is 0 Å². The predicted molar refractivity (Wildman–Crippen MR) is 35.1 cm³/mol. The molecule has 0 aliphatic carbocycles. The summed E-state index contributed by atoms with van der Waals surface area (Å²) in [5, 5.41) is 0. The summed E-state index contributed by atoms with van der Waals surface area (Å²) in [4.78, 5) is 0. The van der Waals surface area contributed by atoms with Crippen molar-refractivity contribution in [3.05, 3.63) is 0 Å². The molecule has 0 atom stereocenters. The number of hydrogen-bond acceptors (Lipinski definition) is 1. The van der Waals surface area contributed by atoms with Crippen LogP contribution in [-0.4, -0.2) is 6.30 Å². The normalized spacial score (nSPS) is 13.4. The molecule has 0 saturated heterocycles. The summed E-state index contributed by atoms with van der Waals surface area (Å²) in [7, 11) is -8.91. The lowest BCUT2D eigenvalue weighted by molar-refractivity contribution is 0.738. The first-order valence-electron chi connectivity index (χ1n) is 1.74. The molecule has 0 rings (SSSR count). The monoisotopic (exact) mass is 179 g/mol. The fraction of sp³-hybridized carbons (Fsp3) is 0. The summed E-state index contributed by atoms with van der Waals surface area (Å²) in [6.07, 6.45) is 2.29. The van der Waals surface area contributed by atoms with Crippen molar-refractivity contribution in [2.75, 3.05) is 0 Å². The van der Waals surface area contributed by atoms with Crippen LogP contribution in [0.2, 0.25) is 0 Å². The molecule has 0 saturated carbocycles. The van der Waals surface area contributed by atoms with Gasteiger partial charge in [-0.3, -0.25) is 11.0 Å². The minimum absolute atomic E-state index is 2.21. The van der Waals surface area contributed by atoms with Crippen LogP contribution in [0.3, 0.4) is 0 Å². The van der Waals surface area contributed by atoms with Gasteiger partial charge < -0.3 is 0 Å². The summed E-state index contributed by atoms with van der Waals surface area (Å²) in [6.45, 7) is 0. The highest BCUT2D eigenvalue weighted by molar-refractivity contribution is 7.71. The van der Waals surface area contributed by atoms with Crippen LogP contribution in [0.15, 0.2) is 4.52 Å². The summed E-state index contributed by atoms with van der Waals surface area (Å²) in [5.74, 6) is 0. The van der Waals surface area contributed by atoms with Gasteiger partial charge in [0.15, 0.2) is 0 Å². The fourth-order valence-corrected chi connectivity index (χ4v) is 1.81. The van der Waals surface area contributed by atoms with E-state index in [4.69, 9.17) is 0 Å². The van der Waals surface area contributed by atoms with E-state index in [0.29, 0.717) is 0 Å². The van der Waals surface area contributed by atoms with Crippen LogP contribution in [0.25, 0.3) is 0 Å². The van der Waals surface area contributed by atoms with Crippen LogP contribution in [0.1, 0.15) is 0 Å². The molecule has 56 valence electrons. The Labute approximate surface area is 50.8 Å². The van der Waals surface area contributed by atoms with Gasteiger partial charge in [0.25, 0.3) is 7.67 Å². The Morgan fingerprint density at radius 3 is 1.56 bits per heavy atom. The van der Waals surface area contributed by atoms with Gasteiger partial charge in [-0.25, -0.2) is 0 Å². The molecule has 8 heteroatoms. The molecule has 0 radical (unpaired) electrons. The van der Waals surface area contributed by atoms with Gasteiger partial charge in [-0.05, 0) is 6.30 Å². The molecule has 0 fully saturated rings. The lowest BCUT2D eigenvalue weighted by Crippen LogP contribution is -1.97. The van der Waals surface area contributed by atoms with Crippen molar-refractivity contribution < 1.29 is 12.6 Å². The first kappa shape index (κ1) is 9.24. The summed E-state index contributed by atoms with van der Waals surface area (Å²) in [5.41, 5.74) is 8.77. The van der Waals surface area contributed by atoms with E-state index in [9.17, 15) is 12.6 Å². The Balaban J connectivity index is 4.53. The maximum absolute atomic E-state index is 11.9. The number of hydrogen-bond donors (Lipinski definition) is 2. The SMILES string of the molecule is C=P(F)(F)N=P(N)(N)F. The molecule has 9 heavy (non-hydrogen) atoms. The second-order valence-electron chi connectivity index (χ2n) is 1.34. The van der Waals surface area contributed by atoms with Crippen LogP contribution < -0.4 is 11.0 Å². The van der Waals surface area contributed by atoms with E-state index in [-0.39, 0.29) is 0 Å². The largest absolute Gasteiger partial charge is 0.316 e. The molecule has 0 unspecified atom stereocenters. The first-order chi connectivity index (χ1) is 3.71. The van der Waals surface area contributed by atoms with E-state index in [1.807, 2.05) is 0 Å². The zero-order valence-corrected chi connectivity index (χ0v) is 6.13. The highest BCUT2D eigenvalue weighted by Gasteiger charge is 2.13. The third-order valence-corrected chi connectivity index (χ3v) is 2.41. The maximum atomic E-state index is 11.9. The van der Waals surface area contributed by atoms with Crippen molar-refractivity contribution in [3.63, 3.8) is 0 Å². The molecular formula is CH6F3N3P2. The number of halogens is 3. The first-order valence-corrected chi connectivity index (χ1v) is 5.22. The lowest BCUT2D eigenvalue weighted by atomic mass is 12.0. The summed E-state index contributed by atoms with van der Waals surface area (Å²) in [6, 6.07) is 0. The number of nitrogens with zero attached hydrogens (tertiary/aromatic N) is 1. The van der Waals surface area contributed by atoms with Crippen LogP contribution in [0.4, 0.5) is 12.6 Å². The van der Waals surface area contributed by atoms with Crippen LogP contribution in [0, 0.1) is 0 Å². The molecule has 0 aromatic rings. The standard InChI is InChI=1S/CH6F3N3P2/c1-8(2,3)7-9(4,5)6/h1,5-6H2. The molecule has 0 bridgehead atoms. The molecule has 0 heterocycles. The number of rotatable bonds is 1. The van der Waals surface area contributed by atoms with Gasteiger partial charge in [0, 0.05) is 0 Å². The maximum Gasteiger partial charge on any atom is 0.316 e. The van der Waals surface area contributed by atoms with E-state index in [1.54, 1.807) is 0 Å². The minimum atomic E-state index is -4.74. The van der Waals surface area contributed by atoms with Gasteiger partial charge >= 0.3 is 7.66 Å². The minimum Gasteiger partial charge on any atom is -0.260 e. The van der Waals surface area contributed by atoms with Crippen LogP contribution >= 0.6 is 15.3 Å². The Hall–Kier alpha value is 0.240. The van der Waals surface area contributed by atoms with E-state index in [1.165, 1.54) is 0 Å². The topological polar surface area (TPSA) is 64.4 Å². The Bertz CT molecular complexity index is 179. The third kappa shape index (κ3) is 8.24. The summed E-state index contributed by atoms with van der Waals surface area (Å²) < 4.78 is 37.5. The Morgan fingerprint density at radius 1 is 1.22 bits per heavy atom. The van der Waals surface area contributed by atoms with E-state index >= 15 is 0 Å². The van der Waals surface area contributed by atoms with Crippen molar-refractivity contribution in [1.82, 2.24) is 0 Å². The average molecular weight is 179 g/mol. The van der Waals surface area contributed by atoms with Gasteiger partial charge in [0.05, 0.1) is 0 Å². The lowest BCUT2D eigenvalue weighted by Gasteiger charge is -2.01. The van der Waals surface area contributed by atoms with Crippen molar-refractivity contribution in [3.8, 4) is 0 Å². The molecule has 0 spiro atoms. The van der Waals surface area contributed by atoms with E-state index in [2.05, 4.69) is 21.8 Å². The second kappa shape index (κ2) is 2.46. The van der Waals surface area contributed by atoms with E-state index < -0.39 is 15.3 Å². The molecule has 0 aliphatic heterocycles. The predicted octanol–water partition coefficient (Wildman–Crippen LogP) is 1.95. The van der Waals surface area contributed by atoms with Crippen LogP contribution in [0.5, 0.6) is 0 Å². The summed E-state index contributed by atoms with van der Waals surface area (Å²) >= 11 is 0. The van der Waals surface area contributed by atoms with E-state index in [0.717, 1.165) is 0 Å². The third-order valence-electron chi connectivity index (χ3n) is 0.268. The van der Waals surface area contributed by atoms with Crippen LogP contribution in [-0.2, 0) is 0 Å². The van der Waals surface area contributed by atoms with Crippen molar-refractivity contribution in [2.45, 2.75) is 0 Å². The molecule has 0 aromatic carbocycles. The van der Waals surface area contributed by atoms with Crippen molar-refractivity contribution >= 4 is 21.6 Å². The van der Waals surface area contributed by atoms with Gasteiger partial charge in [-0.2, -0.15) is 17.1 Å². The Morgan fingerprint density at radius 2 is 1.56 bits per heavy atom. The molecule has 0 aromatic heterocycles. The smallest absolute Gasteiger partial charge is 0.260 e. The highest BCUT2D eigenvalue weighted by Crippen LogP contribution is 2.57. The second-order valence-corrected chi connectivity index (χ2v) is 4.54. The quantitative estimate of drug-likeness (QED) is 0.604. The zero-order valence-electron chi connectivity index (χ0n) is 4.34. The molecule has 4 N–H and O–H groups in total. The Kier molecular flexibility index (Phi) is 2.53. The average Bonchev–Trinajstić information content (AvgIpc) is 1.14. The molecule has 0 amide bonds. The number of nitrogens with two attached hydrogens (primary N) is 2. The van der Waals surface area contributed by atoms with Crippen molar-refractivity contribution in [1.29, 1.82) is 0 Å².